The minimum atomic E-state index is 0.382. The molecule has 126 valence electrons. The van der Waals surface area contributed by atoms with Gasteiger partial charge in [0, 0.05) is 15.7 Å². The zero-order valence-electron chi connectivity index (χ0n) is 14.4. The molecule has 0 saturated heterocycles. The summed E-state index contributed by atoms with van der Waals surface area (Å²) in [4.78, 5) is 2.83. The highest BCUT2D eigenvalue weighted by Crippen LogP contribution is 2.52. The Morgan fingerprint density at radius 3 is 2.96 bits per heavy atom. The molecule has 4 rings (SSSR count). The molecule has 1 aromatic carbocycles. The number of thiophene rings is 1. The lowest BCUT2D eigenvalue weighted by Crippen LogP contribution is -2.28. The first-order valence-corrected chi connectivity index (χ1v) is 9.85. The van der Waals surface area contributed by atoms with Gasteiger partial charge in [0.05, 0.1) is 18.3 Å². The lowest BCUT2D eigenvalue weighted by atomic mass is 9.78. The number of rotatable bonds is 5. The number of para-hydroxylation sites is 1. The van der Waals surface area contributed by atoms with Crippen molar-refractivity contribution in [2.75, 3.05) is 11.9 Å². The second-order valence-electron chi connectivity index (χ2n) is 6.85. The number of unbranched alkanes of at least 4 members (excludes halogenated alkanes) is 1. The SMILES string of the molecule is CCCCOc1cccc2c1NC(c1ccc(C)s1)C1CC=CC21. The van der Waals surface area contributed by atoms with Crippen molar-refractivity contribution in [2.45, 2.75) is 45.1 Å². The van der Waals surface area contributed by atoms with Gasteiger partial charge >= 0.3 is 0 Å². The van der Waals surface area contributed by atoms with Gasteiger partial charge in [0.25, 0.3) is 0 Å². The van der Waals surface area contributed by atoms with Crippen molar-refractivity contribution in [3.8, 4) is 5.75 Å². The van der Waals surface area contributed by atoms with E-state index in [-0.39, 0.29) is 0 Å². The van der Waals surface area contributed by atoms with Gasteiger partial charge in [-0.15, -0.1) is 11.3 Å². The molecule has 0 spiro atoms. The second kappa shape index (κ2) is 6.64. The van der Waals surface area contributed by atoms with Crippen LogP contribution < -0.4 is 10.1 Å². The summed E-state index contributed by atoms with van der Waals surface area (Å²) in [5.74, 6) is 2.13. The van der Waals surface area contributed by atoms with Gasteiger partial charge in [-0.05, 0) is 49.4 Å². The van der Waals surface area contributed by atoms with Crippen LogP contribution in [0.4, 0.5) is 5.69 Å². The summed E-state index contributed by atoms with van der Waals surface area (Å²) in [6.45, 7) is 5.18. The first-order valence-electron chi connectivity index (χ1n) is 9.03. The first kappa shape index (κ1) is 15.8. The molecule has 2 aliphatic rings. The number of anilines is 1. The van der Waals surface area contributed by atoms with Crippen LogP contribution in [-0.2, 0) is 0 Å². The van der Waals surface area contributed by atoms with Crippen molar-refractivity contribution in [1.29, 1.82) is 0 Å². The van der Waals surface area contributed by atoms with Crippen molar-refractivity contribution in [1.82, 2.24) is 0 Å². The van der Waals surface area contributed by atoms with Crippen LogP contribution in [0.2, 0.25) is 0 Å². The van der Waals surface area contributed by atoms with E-state index in [1.165, 1.54) is 21.0 Å². The Morgan fingerprint density at radius 1 is 1.25 bits per heavy atom. The molecule has 1 N–H and O–H groups in total. The zero-order valence-corrected chi connectivity index (χ0v) is 15.2. The van der Waals surface area contributed by atoms with Crippen LogP contribution in [0.1, 0.15) is 53.5 Å². The summed E-state index contributed by atoms with van der Waals surface area (Å²) < 4.78 is 6.10. The molecule has 1 aliphatic carbocycles. The molecule has 3 atom stereocenters. The fourth-order valence-corrected chi connectivity index (χ4v) is 4.95. The molecule has 3 heteroatoms. The highest BCUT2D eigenvalue weighted by Gasteiger charge is 2.39. The normalized spacial score (nSPS) is 24.3. The molecular weight excluding hydrogens is 314 g/mol. The molecule has 0 amide bonds. The van der Waals surface area contributed by atoms with Crippen molar-refractivity contribution >= 4 is 17.0 Å². The molecule has 2 nitrogen and oxygen atoms in total. The average molecular weight is 340 g/mol. The second-order valence-corrected chi connectivity index (χ2v) is 8.17. The van der Waals surface area contributed by atoms with E-state index in [0.717, 1.165) is 31.6 Å². The molecule has 0 fully saturated rings. The minimum absolute atomic E-state index is 0.382. The van der Waals surface area contributed by atoms with E-state index in [1.807, 2.05) is 11.3 Å². The molecule has 0 bridgehead atoms. The van der Waals surface area contributed by atoms with Gasteiger partial charge in [0.1, 0.15) is 5.75 Å². The van der Waals surface area contributed by atoms with E-state index in [0.29, 0.717) is 17.9 Å². The lowest BCUT2D eigenvalue weighted by Gasteiger charge is -2.37. The Labute approximate surface area is 148 Å². The summed E-state index contributed by atoms with van der Waals surface area (Å²) in [6, 6.07) is 11.4. The predicted molar refractivity (Wildman–Crippen MR) is 102 cm³/mol. The fourth-order valence-electron chi connectivity index (χ4n) is 3.94. The molecular formula is C21H25NOS. The van der Waals surface area contributed by atoms with Crippen LogP contribution in [0.3, 0.4) is 0 Å². The number of nitrogens with one attached hydrogen (secondary N) is 1. The van der Waals surface area contributed by atoms with Gasteiger partial charge in [0.2, 0.25) is 0 Å². The van der Waals surface area contributed by atoms with Gasteiger partial charge in [-0.1, -0.05) is 37.6 Å². The quantitative estimate of drug-likeness (QED) is 0.528. The number of fused-ring (bicyclic) bond motifs is 3. The number of allylic oxidation sites excluding steroid dienone is 2. The Kier molecular flexibility index (Phi) is 4.36. The average Bonchev–Trinajstić information content (AvgIpc) is 3.24. The largest absolute Gasteiger partial charge is 0.491 e. The number of benzene rings is 1. The van der Waals surface area contributed by atoms with E-state index in [2.05, 4.69) is 61.6 Å². The van der Waals surface area contributed by atoms with Crippen molar-refractivity contribution < 1.29 is 4.74 Å². The number of ether oxygens (including phenoxy) is 1. The fraction of sp³-hybridized carbons (Fsp3) is 0.429. The maximum atomic E-state index is 6.10. The van der Waals surface area contributed by atoms with E-state index in [1.54, 1.807) is 0 Å². The molecule has 24 heavy (non-hydrogen) atoms. The Morgan fingerprint density at radius 2 is 2.17 bits per heavy atom. The molecule has 1 aliphatic heterocycles. The van der Waals surface area contributed by atoms with Crippen LogP contribution >= 0.6 is 11.3 Å². The summed E-state index contributed by atoms with van der Waals surface area (Å²) >= 11 is 1.91. The van der Waals surface area contributed by atoms with Crippen LogP contribution in [0.25, 0.3) is 0 Å². The predicted octanol–water partition coefficient (Wildman–Crippen LogP) is 6.06. The smallest absolute Gasteiger partial charge is 0.142 e. The number of aryl methyl sites for hydroxylation is 1. The summed E-state index contributed by atoms with van der Waals surface area (Å²) in [6.07, 6.45) is 8.16. The Balaban J connectivity index is 1.70. The molecule has 3 unspecified atom stereocenters. The lowest BCUT2D eigenvalue weighted by molar-refractivity contribution is 0.308. The van der Waals surface area contributed by atoms with Gasteiger partial charge < -0.3 is 10.1 Å². The van der Waals surface area contributed by atoms with Crippen molar-refractivity contribution in [3.63, 3.8) is 0 Å². The van der Waals surface area contributed by atoms with Crippen LogP contribution in [0.5, 0.6) is 5.75 Å². The van der Waals surface area contributed by atoms with Crippen LogP contribution in [0.15, 0.2) is 42.5 Å². The maximum absolute atomic E-state index is 6.10. The van der Waals surface area contributed by atoms with Crippen LogP contribution in [-0.4, -0.2) is 6.61 Å². The molecule has 0 radical (unpaired) electrons. The minimum Gasteiger partial charge on any atom is -0.491 e. The summed E-state index contributed by atoms with van der Waals surface area (Å²) in [7, 11) is 0. The van der Waals surface area contributed by atoms with Crippen LogP contribution in [0, 0.1) is 12.8 Å². The summed E-state index contributed by atoms with van der Waals surface area (Å²) in [5.41, 5.74) is 2.60. The van der Waals surface area contributed by atoms with Crippen molar-refractivity contribution in [2.24, 2.45) is 5.92 Å². The standard InChI is InChI=1S/C21H25NOS/c1-3-4-13-23-18-10-6-9-16-15-7-5-8-17(15)21(22-20(16)18)19-12-11-14(2)24-19/h5-7,9-12,15,17,21-22H,3-4,8,13H2,1-2H3. The zero-order chi connectivity index (χ0) is 16.5. The van der Waals surface area contributed by atoms with Gasteiger partial charge in [-0.3, -0.25) is 0 Å². The van der Waals surface area contributed by atoms with E-state index >= 15 is 0 Å². The third kappa shape index (κ3) is 2.75. The van der Waals surface area contributed by atoms with Crippen molar-refractivity contribution in [3.05, 3.63) is 57.8 Å². The number of hydrogen-bond donors (Lipinski definition) is 1. The highest BCUT2D eigenvalue weighted by molar-refractivity contribution is 7.12. The Bertz CT molecular complexity index is 748. The maximum Gasteiger partial charge on any atom is 0.142 e. The van der Waals surface area contributed by atoms with Gasteiger partial charge in [-0.2, -0.15) is 0 Å². The van der Waals surface area contributed by atoms with Gasteiger partial charge in [-0.25, -0.2) is 0 Å². The topological polar surface area (TPSA) is 21.3 Å². The molecule has 1 aromatic heterocycles. The monoisotopic (exact) mass is 339 g/mol. The van der Waals surface area contributed by atoms with Gasteiger partial charge in [0.15, 0.2) is 0 Å². The molecule has 2 aromatic rings. The third-order valence-electron chi connectivity index (χ3n) is 5.18. The summed E-state index contributed by atoms with van der Waals surface area (Å²) in [5, 5.41) is 3.84. The highest BCUT2D eigenvalue weighted by atomic mass is 32.1. The van der Waals surface area contributed by atoms with E-state index in [4.69, 9.17) is 4.74 Å². The van der Waals surface area contributed by atoms with E-state index < -0.39 is 0 Å². The molecule has 2 heterocycles. The third-order valence-corrected chi connectivity index (χ3v) is 6.27. The molecule has 0 saturated carbocycles. The first-order chi connectivity index (χ1) is 11.8. The Hall–Kier alpha value is -1.74. The van der Waals surface area contributed by atoms with E-state index in [9.17, 15) is 0 Å². The number of hydrogen-bond acceptors (Lipinski definition) is 3.